The fourth-order valence-electron chi connectivity index (χ4n) is 2.58. The van der Waals surface area contributed by atoms with Gasteiger partial charge in [-0.25, -0.2) is 4.98 Å². The fraction of sp³-hybridized carbons (Fsp3) is 0.200. The summed E-state index contributed by atoms with van der Waals surface area (Å²) in [4.78, 5) is 8.73. The first-order chi connectivity index (χ1) is 13.2. The minimum absolute atomic E-state index is 0.558. The molecule has 2 aromatic carbocycles. The number of ether oxygens (including phenoxy) is 2. The first-order valence-corrected chi connectivity index (χ1v) is 8.86. The van der Waals surface area contributed by atoms with Crippen LogP contribution in [0.3, 0.4) is 0 Å². The normalized spacial score (nSPS) is 10.3. The molecule has 0 amide bonds. The lowest BCUT2D eigenvalue weighted by Gasteiger charge is -2.11. The van der Waals surface area contributed by atoms with E-state index in [1.54, 1.807) is 26.5 Å². The number of anilines is 3. The molecule has 7 heteroatoms. The van der Waals surface area contributed by atoms with E-state index in [0.29, 0.717) is 23.3 Å². The van der Waals surface area contributed by atoms with Crippen molar-refractivity contribution in [1.82, 2.24) is 9.97 Å². The van der Waals surface area contributed by atoms with E-state index >= 15 is 0 Å². The number of methoxy groups -OCH3 is 2. The van der Waals surface area contributed by atoms with Crippen molar-refractivity contribution in [3.8, 4) is 11.5 Å². The van der Waals surface area contributed by atoms with Gasteiger partial charge in [0.05, 0.1) is 14.2 Å². The minimum atomic E-state index is 0.558. The predicted octanol–water partition coefficient (Wildman–Crippen LogP) is 4.55. The second kappa shape index (κ2) is 9.09. The molecular formula is C20H21ClN4O2. The van der Waals surface area contributed by atoms with Crippen LogP contribution in [0, 0.1) is 0 Å². The number of rotatable bonds is 8. The summed E-state index contributed by atoms with van der Waals surface area (Å²) in [7, 11) is 3.26. The minimum Gasteiger partial charge on any atom is -0.493 e. The molecule has 0 atom stereocenters. The summed E-state index contributed by atoms with van der Waals surface area (Å²) in [6, 6.07) is 15.2. The maximum absolute atomic E-state index is 6.01. The Kier molecular flexibility index (Phi) is 6.33. The van der Waals surface area contributed by atoms with Crippen LogP contribution in [-0.4, -0.2) is 30.7 Å². The van der Waals surface area contributed by atoms with Gasteiger partial charge in [-0.15, -0.1) is 0 Å². The number of hydrogen-bond donors (Lipinski definition) is 2. The van der Waals surface area contributed by atoms with E-state index in [2.05, 4.69) is 20.6 Å². The van der Waals surface area contributed by atoms with Crippen molar-refractivity contribution in [3.05, 3.63) is 65.3 Å². The second-order valence-electron chi connectivity index (χ2n) is 5.77. The standard InChI is InChI=1S/C20H21ClN4O2/c1-26-17-7-6-14(12-18(17)27-2)8-10-22-20-23-11-9-19(25-20)24-16-5-3-4-15(21)13-16/h3-7,9,11-13H,8,10H2,1-2H3,(H2,22,23,24,25). The Morgan fingerprint density at radius 2 is 1.85 bits per heavy atom. The van der Waals surface area contributed by atoms with E-state index in [9.17, 15) is 0 Å². The topological polar surface area (TPSA) is 68.3 Å². The third kappa shape index (κ3) is 5.24. The van der Waals surface area contributed by atoms with Gasteiger partial charge in [-0.2, -0.15) is 4.98 Å². The van der Waals surface area contributed by atoms with Crippen molar-refractivity contribution in [3.63, 3.8) is 0 Å². The highest BCUT2D eigenvalue weighted by Crippen LogP contribution is 2.27. The summed E-state index contributed by atoms with van der Waals surface area (Å²) in [5, 5.41) is 7.12. The first kappa shape index (κ1) is 18.8. The lowest BCUT2D eigenvalue weighted by Crippen LogP contribution is -2.09. The van der Waals surface area contributed by atoms with Crippen LogP contribution in [0.15, 0.2) is 54.7 Å². The SMILES string of the molecule is COc1ccc(CCNc2nccc(Nc3cccc(Cl)c3)n2)cc1OC. The number of nitrogens with zero attached hydrogens (tertiary/aromatic N) is 2. The zero-order valence-corrected chi connectivity index (χ0v) is 16.0. The fourth-order valence-corrected chi connectivity index (χ4v) is 2.77. The van der Waals surface area contributed by atoms with Gasteiger partial charge in [0.2, 0.25) is 5.95 Å². The lowest BCUT2D eigenvalue weighted by molar-refractivity contribution is 0.354. The maximum Gasteiger partial charge on any atom is 0.224 e. The van der Waals surface area contributed by atoms with Crippen LogP contribution in [-0.2, 0) is 6.42 Å². The van der Waals surface area contributed by atoms with E-state index in [0.717, 1.165) is 29.2 Å². The van der Waals surface area contributed by atoms with E-state index in [1.807, 2.05) is 42.5 Å². The zero-order chi connectivity index (χ0) is 19.1. The first-order valence-electron chi connectivity index (χ1n) is 8.48. The average Bonchev–Trinajstić information content (AvgIpc) is 2.68. The van der Waals surface area contributed by atoms with Gasteiger partial charge in [0.1, 0.15) is 5.82 Å². The van der Waals surface area contributed by atoms with E-state index in [4.69, 9.17) is 21.1 Å². The summed E-state index contributed by atoms with van der Waals surface area (Å²) in [5.41, 5.74) is 2.01. The molecule has 0 saturated heterocycles. The molecule has 0 saturated carbocycles. The zero-order valence-electron chi connectivity index (χ0n) is 15.2. The summed E-state index contributed by atoms with van der Waals surface area (Å²) in [6.45, 7) is 0.691. The molecule has 6 nitrogen and oxygen atoms in total. The Hall–Kier alpha value is -2.99. The predicted molar refractivity (Wildman–Crippen MR) is 109 cm³/mol. The monoisotopic (exact) mass is 384 g/mol. The Morgan fingerprint density at radius 1 is 1.00 bits per heavy atom. The summed E-state index contributed by atoms with van der Waals surface area (Å²) < 4.78 is 10.6. The quantitative estimate of drug-likeness (QED) is 0.594. The average molecular weight is 385 g/mol. The van der Waals surface area contributed by atoms with Crippen molar-refractivity contribution in [2.45, 2.75) is 6.42 Å². The number of nitrogens with one attached hydrogen (secondary N) is 2. The molecule has 3 rings (SSSR count). The summed E-state index contributed by atoms with van der Waals surface area (Å²) >= 11 is 6.01. The summed E-state index contributed by atoms with van der Waals surface area (Å²) in [6.07, 6.45) is 2.51. The van der Waals surface area contributed by atoms with Crippen molar-refractivity contribution >= 4 is 29.1 Å². The molecule has 0 aliphatic heterocycles. The Balaban J connectivity index is 1.58. The smallest absolute Gasteiger partial charge is 0.224 e. The molecule has 27 heavy (non-hydrogen) atoms. The molecule has 2 N–H and O–H groups in total. The van der Waals surface area contributed by atoms with Crippen molar-refractivity contribution in [1.29, 1.82) is 0 Å². The highest BCUT2D eigenvalue weighted by atomic mass is 35.5. The van der Waals surface area contributed by atoms with Crippen LogP contribution >= 0.6 is 11.6 Å². The molecular weight excluding hydrogens is 364 g/mol. The van der Waals surface area contributed by atoms with Gasteiger partial charge in [-0.1, -0.05) is 23.7 Å². The van der Waals surface area contributed by atoms with Gasteiger partial charge >= 0.3 is 0 Å². The molecule has 0 spiro atoms. The van der Waals surface area contributed by atoms with Crippen LogP contribution in [0.4, 0.5) is 17.5 Å². The molecule has 0 fully saturated rings. The molecule has 0 bridgehead atoms. The maximum atomic E-state index is 6.01. The van der Waals surface area contributed by atoms with Gasteiger partial charge in [-0.3, -0.25) is 0 Å². The molecule has 0 aliphatic rings. The van der Waals surface area contributed by atoms with E-state index in [-0.39, 0.29) is 0 Å². The van der Waals surface area contributed by atoms with Gasteiger partial charge in [-0.05, 0) is 48.4 Å². The third-order valence-corrected chi connectivity index (χ3v) is 4.13. The molecule has 1 heterocycles. The molecule has 0 radical (unpaired) electrons. The Bertz CT molecular complexity index is 905. The van der Waals surface area contributed by atoms with E-state index < -0.39 is 0 Å². The molecule has 0 unspecified atom stereocenters. The van der Waals surface area contributed by atoms with Crippen molar-refractivity contribution in [2.24, 2.45) is 0 Å². The number of benzene rings is 2. The van der Waals surface area contributed by atoms with Crippen LogP contribution in [0.2, 0.25) is 5.02 Å². The number of aromatic nitrogens is 2. The lowest BCUT2D eigenvalue weighted by atomic mass is 10.1. The third-order valence-electron chi connectivity index (χ3n) is 3.90. The largest absolute Gasteiger partial charge is 0.493 e. The number of halogens is 1. The van der Waals surface area contributed by atoms with Crippen molar-refractivity contribution in [2.75, 3.05) is 31.4 Å². The van der Waals surface area contributed by atoms with Gasteiger partial charge in [0.15, 0.2) is 11.5 Å². The summed E-state index contributed by atoms with van der Waals surface area (Å²) in [5.74, 6) is 2.69. The van der Waals surface area contributed by atoms with Gasteiger partial charge in [0.25, 0.3) is 0 Å². The van der Waals surface area contributed by atoms with E-state index in [1.165, 1.54) is 0 Å². The van der Waals surface area contributed by atoms with Crippen molar-refractivity contribution < 1.29 is 9.47 Å². The van der Waals surface area contributed by atoms with Crippen LogP contribution in [0.25, 0.3) is 0 Å². The molecule has 0 aliphatic carbocycles. The molecule has 3 aromatic rings. The Morgan fingerprint density at radius 3 is 2.63 bits per heavy atom. The van der Waals surface area contributed by atoms with Gasteiger partial charge in [0, 0.05) is 23.5 Å². The van der Waals surface area contributed by atoms with Crippen LogP contribution in [0.1, 0.15) is 5.56 Å². The van der Waals surface area contributed by atoms with Crippen LogP contribution < -0.4 is 20.1 Å². The highest BCUT2D eigenvalue weighted by Gasteiger charge is 2.05. The number of hydrogen-bond acceptors (Lipinski definition) is 6. The highest BCUT2D eigenvalue weighted by molar-refractivity contribution is 6.30. The molecule has 140 valence electrons. The second-order valence-corrected chi connectivity index (χ2v) is 6.20. The molecule has 1 aromatic heterocycles. The Labute approximate surface area is 163 Å². The van der Waals surface area contributed by atoms with Crippen LogP contribution in [0.5, 0.6) is 11.5 Å². The van der Waals surface area contributed by atoms with Gasteiger partial charge < -0.3 is 20.1 Å².